The number of fused-ring (bicyclic) bond motifs is 5. The van der Waals surface area contributed by atoms with E-state index in [4.69, 9.17) is 0 Å². The minimum absolute atomic E-state index is 0.563. The summed E-state index contributed by atoms with van der Waals surface area (Å²) in [7, 11) is 0. The lowest BCUT2D eigenvalue weighted by Crippen LogP contribution is -2.04. The molecule has 0 saturated heterocycles. The zero-order chi connectivity index (χ0) is 13.2. The first kappa shape index (κ1) is 11.8. The summed E-state index contributed by atoms with van der Waals surface area (Å²) in [6.07, 6.45) is 4.83. The maximum atomic E-state index is 2.41. The fourth-order valence-corrected chi connectivity index (χ4v) is 3.92. The molecule has 1 aromatic carbocycles. The third-order valence-corrected chi connectivity index (χ3v) is 5.15. The molecule has 2 atom stereocenters. The summed E-state index contributed by atoms with van der Waals surface area (Å²) < 4.78 is 0. The number of hydrogen-bond acceptors (Lipinski definition) is 0. The van der Waals surface area contributed by atoms with E-state index in [1.54, 1.807) is 16.7 Å². The monoisotopic (exact) mass is 238 g/mol. The number of hydrogen-bond donors (Lipinski definition) is 0. The highest BCUT2D eigenvalue weighted by atomic mass is 14.4. The molecule has 0 amide bonds. The first-order valence-corrected chi connectivity index (χ1v) is 6.90. The van der Waals surface area contributed by atoms with E-state index < -0.39 is 0 Å². The van der Waals surface area contributed by atoms with Crippen LogP contribution in [0.5, 0.6) is 0 Å². The molecular formula is C18H22. The lowest BCUT2D eigenvalue weighted by molar-refractivity contribution is 0.986. The van der Waals surface area contributed by atoms with Gasteiger partial charge in [-0.15, -0.1) is 0 Å². The zero-order valence-electron chi connectivity index (χ0n) is 12.3. The van der Waals surface area contributed by atoms with Crippen molar-refractivity contribution < 1.29 is 0 Å². The second-order valence-corrected chi connectivity index (χ2v) is 6.12. The van der Waals surface area contributed by atoms with Gasteiger partial charge in [0.25, 0.3) is 0 Å². The van der Waals surface area contributed by atoms with E-state index in [1.807, 2.05) is 0 Å². The molecule has 0 fully saturated rings. The summed E-state index contributed by atoms with van der Waals surface area (Å²) in [6.45, 7) is 13.7. The summed E-state index contributed by atoms with van der Waals surface area (Å²) in [5.74, 6) is 1.13. The van der Waals surface area contributed by atoms with Crippen LogP contribution in [0.25, 0.3) is 0 Å². The van der Waals surface area contributed by atoms with Gasteiger partial charge in [0.2, 0.25) is 0 Å². The molecule has 0 aromatic heterocycles. The summed E-state index contributed by atoms with van der Waals surface area (Å²) in [6, 6.07) is 0. The SMILES string of the molecule is CC(C)=C1[C@@H]2C=C[C@@H]1c1c(C)c(C)c(C)c(C)c12. The summed E-state index contributed by atoms with van der Waals surface area (Å²) >= 11 is 0. The number of rotatable bonds is 0. The molecule has 0 N–H and O–H groups in total. The summed E-state index contributed by atoms with van der Waals surface area (Å²) in [5.41, 5.74) is 12.4. The molecule has 0 nitrogen and oxygen atoms in total. The van der Waals surface area contributed by atoms with Gasteiger partial charge in [-0.25, -0.2) is 0 Å². The van der Waals surface area contributed by atoms with Crippen LogP contribution in [0.15, 0.2) is 23.3 Å². The Kier molecular flexibility index (Phi) is 2.35. The highest BCUT2D eigenvalue weighted by Crippen LogP contribution is 2.56. The lowest BCUT2D eigenvalue weighted by atomic mass is 9.84. The second-order valence-electron chi connectivity index (χ2n) is 6.12. The Morgan fingerprint density at radius 2 is 1.11 bits per heavy atom. The summed E-state index contributed by atoms with van der Waals surface area (Å²) in [5, 5.41) is 0. The molecule has 0 saturated carbocycles. The molecule has 1 aromatic rings. The van der Waals surface area contributed by atoms with Crippen molar-refractivity contribution in [2.75, 3.05) is 0 Å². The van der Waals surface area contributed by atoms with E-state index in [-0.39, 0.29) is 0 Å². The maximum Gasteiger partial charge on any atom is 0.0246 e. The highest BCUT2D eigenvalue weighted by molar-refractivity contribution is 5.67. The van der Waals surface area contributed by atoms with Gasteiger partial charge in [-0.2, -0.15) is 0 Å². The van der Waals surface area contributed by atoms with Crippen molar-refractivity contribution in [3.05, 3.63) is 56.7 Å². The Labute approximate surface area is 110 Å². The van der Waals surface area contributed by atoms with Gasteiger partial charge in [-0.1, -0.05) is 17.7 Å². The largest absolute Gasteiger partial charge is 0.0760 e. The van der Waals surface area contributed by atoms with Gasteiger partial charge in [0, 0.05) is 11.8 Å². The maximum absolute atomic E-state index is 2.41. The Balaban J connectivity index is 2.38. The Hall–Kier alpha value is -1.30. The van der Waals surface area contributed by atoms with Crippen LogP contribution in [0.1, 0.15) is 59.1 Å². The van der Waals surface area contributed by atoms with Crippen LogP contribution in [0.2, 0.25) is 0 Å². The fourth-order valence-electron chi connectivity index (χ4n) is 3.92. The van der Waals surface area contributed by atoms with Crippen LogP contribution in [-0.4, -0.2) is 0 Å². The highest BCUT2D eigenvalue weighted by Gasteiger charge is 2.40. The number of allylic oxidation sites excluding steroid dienone is 4. The molecule has 0 aliphatic heterocycles. The fraction of sp³-hybridized carbons (Fsp3) is 0.444. The van der Waals surface area contributed by atoms with Crippen molar-refractivity contribution in [1.82, 2.24) is 0 Å². The van der Waals surface area contributed by atoms with Gasteiger partial charge in [0.05, 0.1) is 0 Å². The molecule has 0 unspecified atom stereocenters. The second kappa shape index (κ2) is 3.60. The smallest absolute Gasteiger partial charge is 0.0246 e. The van der Waals surface area contributed by atoms with E-state index in [1.165, 1.54) is 27.8 Å². The first-order chi connectivity index (χ1) is 8.45. The molecule has 0 heterocycles. The average Bonchev–Trinajstić information content (AvgIpc) is 2.88. The minimum Gasteiger partial charge on any atom is -0.0760 e. The Morgan fingerprint density at radius 3 is 1.44 bits per heavy atom. The van der Waals surface area contributed by atoms with Crippen molar-refractivity contribution in [3.63, 3.8) is 0 Å². The van der Waals surface area contributed by atoms with E-state index in [0.29, 0.717) is 11.8 Å². The van der Waals surface area contributed by atoms with Crippen LogP contribution < -0.4 is 0 Å². The van der Waals surface area contributed by atoms with Gasteiger partial charge in [-0.3, -0.25) is 0 Å². The molecule has 3 rings (SSSR count). The van der Waals surface area contributed by atoms with Crippen LogP contribution in [0.3, 0.4) is 0 Å². The van der Waals surface area contributed by atoms with E-state index in [0.717, 1.165) is 0 Å². The molecular weight excluding hydrogens is 216 g/mol. The van der Waals surface area contributed by atoms with E-state index in [2.05, 4.69) is 53.7 Å². The van der Waals surface area contributed by atoms with Crippen molar-refractivity contribution in [1.29, 1.82) is 0 Å². The topological polar surface area (TPSA) is 0 Å². The van der Waals surface area contributed by atoms with Gasteiger partial charge in [0.15, 0.2) is 0 Å². The van der Waals surface area contributed by atoms with Gasteiger partial charge in [0.1, 0.15) is 0 Å². The van der Waals surface area contributed by atoms with Crippen molar-refractivity contribution in [2.45, 2.75) is 53.4 Å². The quantitative estimate of drug-likeness (QED) is 0.557. The predicted molar refractivity (Wildman–Crippen MR) is 78.4 cm³/mol. The van der Waals surface area contributed by atoms with Crippen LogP contribution in [0, 0.1) is 27.7 Å². The average molecular weight is 238 g/mol. The van der Waals surface area contributed by atoms with E-state index in [9.17, 15) is 0 Å². The van der Waals surface area contributed by atoms with Gasteiger partial charge in [-0.05, 0) is 80.5 Å². The minimum atomic E-state index is 0.563. The van der Waals surface area contributed by atoms with Crippen molar-refractivity contribution >= 4 is 0 Å². The Bertz CT molecular complexity index is 561. The third kappa shape index (κ3) is 1.21. The van der Waals surface area contributed by atoms with Gasteiger partial charge >= 0.3 is 0 Å². The first-order valence-electron chi connectivity index (χ1n) is 6.90. The zero-order valence-corrected chi connectivity index (χ0v) is 12.3. The van der Waals surface area contributed by atoms with E-state index >= 15 is 0 Å². The predicted octanol–water partition coefficient (Wildman–Crippen LogP) is 5.01. The lowest BCUT2D eigenvalue weighted by Gasteiger charge is -2.20. The van der Waals surface area contributed by atoms with Crippen LogP contribution >= 0.6 is 0 Å². The van der Waals surface area contributed by atoms with Crippen molar-refractivity contribution in [2.24, 2.45) is 0 Å². The molecule has 2 aliphatic rings. The molecule has 2 aliphatic carbocycles. The molecule has 94 valence electrons. The molecule has 0 heteroatoms. The molecule has 0 spiro atoms. The third-order valence-electron chi connectivity index (χ3n) is 5.15. The Morgan fingerprint density at radius 1 is 0.722 bits per heavy atom. The standard InChI is InChI=1S/C18H22/c1-9(2)16-14-7-8-15(16)18-13(6)11(4)10(3)12(5)17(14)18/h7-8,14-15H,1-6H3/t14-,15-/m0/s1. The van der Waals surface area contributed by atoms with Crippen LogP contribution in [0.4, 0.5) is 0 Å². The number of benzene rings is 1. The molecule has 0 radical (unpaired) electrons. The van der Waals surface area contributed by atoms with Crippen LogP contribution in [-0.2, 0) is 0 Å². The van der Waals surface area contributed by atoms with Crippen molar-refractivity contribution in [3.8, 4) is 0 Å². The summed E-state index contributed by atoms with van der Waals surface area (Å²) in [4.78, 5) is 0. The normalized spacial score (nSPS) is 23.8. The molecule has 18 heavy (non-hydrogen) atoms. The van der Waals surface area contributed by atoms with Gasteiger partial charge < -0.3 is 0 Å². The molecule has 2 bridgehead atoms.